The van der Waals surface area contributed by atoms with E-state index >= 15 is 0 Å². The van der Waals surface area contributed by atoms with Crippen molar-refractivity contribution in [1.82, 2.24) is 0 Å². The van der Waals surface area contributed by atoms with Crippen LogP contribution in [0.4, 0.5) is 0 Å². The number of benzene rings is 6. The first kappa shape index (κ1) is 33.8. The van der Waals surface area contributed by atoms with E-state index in [4.69, 9.17) is 0 Å². The molecular weight excluding hydrogens is 785 g/mol. The molecule has 13 rings (SSSR count). The summed E-state index contributed by atoms with van der Waals surface area (Å²) in [7, 11) is 0. The second-order valence-corrected chi connectivity index (χ2v) is 19.7. The normalized spacial score (nSPS) is 16.7. The maximum absolute atomic E-state index is 13.9. The van der Waals surface area contributed by atoms with Crippen LogP contribution in [0.5, 0.6) is 0 Å². The number of Topliss-reactive ketones (excluding diaryl/α,β-unsaturated/α-hetero) is 4. The molecule has 0 N–H and O–H groups in total. The molecule has 59 heavy (non-hydrogen) atoms. The minimum Gasteiger partial charge on any atom is -0.288 e. The van der Waals surface area contributed by atoms with Crippen LogP contribution in [0, 0.1) is 0 Å². The Morgan fingerprint density at radius 2 is 0.881 bits per heavy atom. The van der Waals surface area contributed by atoms with Crippen LogP contribution < -0.4 is 0 Å². The Labute approximate surface area is 349 Å². The van der Waals surface area contributed by atoms with Crippen LogP contribution >= 0.6 is 34.0 Å². The fraction of sp³-hybridized carbons (Fsp3) is 0.115. The molecule has 0 bridgehead atoms. The van der Waals surface area contributed by atoms with Gasteiger partial charge in [-0.25, -0.2) is 0 Å². The summed E-state index contributed by atoms with van der Waals surface area (Å²) in [6.07, 6.45) is 9.19. The zero-order valence-corrected chi connectivity index (χ0v) is 33.9. The van der Waals surface area contributed by atoms with Crippen molar-refractivity contribution in [2.24, 2.45) is 0 Å². The number of hydrogen-bond acceptors (Lipinski definition) is 7. The smallest absolute Gasteiger partial charge is 0.197 e. The molecule has 0 atom stereocenters. The van der Waals surface area contributed by atoms with E-state index in [1.54, 1.807) is 34.0 Å². The van der Waals surface area contributed by atoms with Gasteiger partial charge < -0.3 is 0 Å². The summed E-state index contributed by atoms with van der Waals surface area (Å²) in [4.78, 5) is 59.9. The molecule has 3 aromatic heterocycles. The molecule has 4 aliphatic carbocycles. The Bertz CT molecular complexity index is 3410. The molecule has 3 heterocycles. The maximum Gasteiger partial charge on any atom is 0.197 e. The summed E-state index contributed by atoms with van der Waals surface area (Å²) < 4.78 is 2.41. The van der Waals surface area contributed by atoms with Gasteiger partial charge in [-0.1, -0.05) is 67.8 Å². The zero-order chi connectivity index (χ0) is 39.3. The number of fused-ring (bicyclic) bond motifs is 13. The zero-order valence-electron chi connectivity index (χ0n) is 31.4. The molecule has 0 amide bonds. The highest BCUT2D eigenvalue weighted by atomic mass is 32.1. The van der Waals surface area contributed by atoms with Crippen LogP contribution in [0.1, 0.15) is 94.4 Å². The molecule has 4 aliphatic rings. The van der Waals surface area contributed by atoms with Crippen molar-refractivity contribution in [3.63, 3.8) is 0 Å². The Hall–Kier alpha value is -6.12. The lowest BCUT2D eigenvalue weighted by Gasteiger charge is -2.35. The maximum atomic E-state index is 13.9. The number of thiophene rings is 3. The van der Waals surface area contributed by atoms with Gasteiger partial charge in [0.15, 0.2) is 23.1 Å². The molecule has 1 spiro atoms. The van der Waals surface area contributed by atoms with Crippen LogP contribution in [0.25, 0.3) is 74.4 Å². The van der Waals surface area contributed by atoms with Gasteiger partial charge in [0.25, 0.3) is 0 Å². The number of carbonyl (C=O) groups is 4. The van der Waals surface area contributed by atoms with Gasteiger partial charge in [-0.15, -0.1) is 34.0 Å². The number of hydrogen-bond donors (Lipinski definition) is 0. The van der Waals surface area contributed by atoms with E-state index in [0.717, 1.165) is 78.5 Å². The topological polar surface area (TPSA) is 68.3 Å². The van der Waals surface area contributed by atoms with Crippen molar-refractivity contribution in [2.75, 3.05) is 0 Å². The summed E-state index contributed by atoms with van der Waals surface area (Å²) in [6, 6.07) is 36.6. The third-order valence-corrected chi connectivity index (χ3v) is 16.9. The largest absolute Gasteiger partial charge is 0.288 e. The van der Waals surface area contributed by atoms with Crippen molar-refractivity contribution in [3.05, 3.63) is 163 Å². The molecule has 0 aliphatic heterocycles. The average Bonchev–Trinajstić information content (AvgIpc) is 4.07. The monoisotopic (exact) mass is 814 g/mol. The highest BCUT2D eigenvalue weighted by Gasteiger charge is 2.48. The minimum absolute atomic E-state index is 0.144. The molecule has 4 nitrogen and oxygen atoms in total. The van der Waals surface area contributed by atoms with E-state index in [1.165, 1.54) is 36.7 Å². The Morgan fingerprint density at radius 3 is 1.34 bits per heavy atom. The molecule has 0 radical (unpaired) electrons. The lowest BCUT2D eigenvalue weighted by atomic mass is 9.68. The van der Waals surface area contributed by atoms with Crippen molar-refractivity contribution in [3.8, 4) is 9.75 Å². The third-order valence-electron chi connectivity index (χ3n) is 13.3. The van der Waals surface area contributed by atoms with E-state index < -0.39 is 0 Å². The summed E-state index contributed by atoms with van der Waals surface area (Å²) in [6.45, 7) is 0. The van der Waals surface area contributed by atoms with Gasteiger partial charge in [0.05, 0.1) is 20.7 Å². The molecule has 0 saturated heterocycles. The molecule has 6 aromatic carbocycles. The van der Waals surface area contributed by atoms with Gasteiger partial charge >= 0.3 is 0 Å². The molecular formula is C52H30O4S3. The molecule has 0 unspecified atom stereocenters. The summed E-state index contributed by atoms with van der Waals surface area (Å²) in [5, 5.41) is 8.23. The average molecular weight is 815 g/mol. The Morgan fingerprint density at radius 1 is 0.441 bits per heavy atom. The number of carbonyl (C=O) groups excluding carboxylic acids is 4. The van der Waals surface area contributed by atoms with Gasteiger partial charge in [-0.3, -0.25) is 19.2 Å². The van der Waals surface area contributed by atoms with Gasteiger partial charge in [-0.05, 0) is 134 Å². The van der Waals surface area contributed by atoms with Crippen LogP contribution in [-0.2, 0) is 5.41 Å². The number of allylic oxidation sites excluding steroid dienone is 2. The number of ketones is 4. The summed E-state index contributed by atoms with van der Waals surface area (Å²) in [5.74, 6) is -0.828. The standard InChI is InChI=1S/C52H30O4S3/c53-45-36-18-30-14-26-8-2-3-9-27(26)15-31(30)19-37(36)46(54)40(45)22-34-24-42-49(57-34)51-44(52(42)12-6-1-7-13-52)50-43(59-51)25-35(58-50)23-41-47(55)38-20-32-16-28-10-4-5-11-29(28)17-33(32)21-39(38)48(41)56/h2-5,8-11,14-25H,1,6-7,12-13H2. The number of rotatable bonds is 2. The first-order chi connectivity index (χ1) is 28.8. The van der Waals surface area contributed by atoms with Crippen LogP contribution in [0.15, 0.2) is 120 Å². The van der Waals surface area contributed by atoms with Gasteiger partial charge in [0.2, 0.25) is 0 Å². The molecule has 1 saturated carbocycles. The van der Waals surface area contributed by atoms with Crippen molar-refractivity contribution in [1.29, 1.82) is 0 Å². The van der Waals surface area contributed by atoms with E-state index in [9.17, 15) is 19.2 Å². The van der Waals surface area contributed by atoms with Crippen molar-refractivity contribution < 1.29 is 19.2 Å². The molecule has 280 valence electrons. The second-order valence-electron chi connectivity index (χ2n) is 16.5. The fourth-order valence-corrected chi connectivity index (χ4v) is 14.6. The van der Waals surface area contributed by atoms with Gasteiger partial charge in [-0.2, -0.15) is 0 Å². The Kier molecular flexibility index (Phi) is 6.87. The lowest BCUT2D eigenvalue weighted by molar-refractivity contribution is 0.0975. The van der Waals surface area contributed by atoms with Gasteiger partial charge in [0.1, 0.15) is 0 Å². The predicted octanol–water partition coefficient (Wildman–Crippen LogP) is 13.8. The van der Waals surface area contributed by atoms with E-state index in [0.29, 0.717) is 22.3 Å². The van der Waals surface area contributed by atoms with Crippen LogP contribution in [0.2, 0.25) is 0 Å². The van der Waals surface area contributed by atoms with Gasteiger partial charge in [0, 0.05) is 52.6 Å². The van der Waals surface area contributed by atoms with E-state index in [2.05, 4.69) is 60.7 Å². The van der Waals surface area contributed by atoms with E-state index in [1.807, 2.05) is 60.7 Å². The Balaban J connectivity index is 0.869. The van der Waals surface area contributed by atoms with Crippen LogP contribution in [-0.4, -0.2) is 23.1 Å². The quantitative estimate of drug-likeness (QED) is 0.0990. The highest BCUT2D eigenvalue weighted by Crippen LogP contribution is 2.64. The minimum atomic E-state index is -0.209. The molecule has 9 aromatic rings. The first-order valence-corrected chi connectivity index (χ1v) is 22.5. The van der Waals surface area contributed by atoms with Crippen LogP contribution in [0.3, 0.4) is 0 Å². The summed E-state index contributed by atoms with van der Waals surface area (Å²) in [5.41, 5.74) is 4.95. The van der Waals surface area contributed by atoms with E-state index in [-0.39, 0.29) is 39.7 Å². The first-order valence-electron chi connectivity index (χ1n) is 20.1. The fourth-order valence-electron chi connectivity index (χ4n) is 10.5. The van der Waals surface area contributed by atoms with Crippen molar-refractivity contribution >= 4 is 122 Å². The summed E-state index contributed by atoms with van der Waals surface area (Å²) >= 11 is 5.15. The third kappa shape index (κ3) is 4.69. The lowest BCUT2D eigenvalue weighted by Crippen LogP contribution is -2.27. The highest BCUT2D eigenvalue weighted by molar-refractivity contribution is 7.32. The predicted molar refractivity (Wildman–Crippen MR) is 243 cm³/mol. The second kappa shape index (κ2) is 12.0. The molecule has 1 fully saturated rings. The SMILES string of the molecule is O=C1C(=Cc2cc3c(s2)-c2sc4cc(C=C5C(=O)c6cc7cc8ccccc8cc7cc6C5=O)sc4c2C32CCCCC2)C(=O)c2cc3cc4ccccc4cc3cc21. The molecule has 7 heteroatoms. The van der Waals surface area contributed by atoms with Crippen molar-refractivity contribution in [2.45, 2.75) is 37.5 Å².